The van der Waals surface area contributed by atoms with Crippen molar-refractivity contribution in [1.29, 1.82) is 0 Å². The Morgan fingerprint density at radius 1 is 1.38 bits per heavy atom. The van der Waals surface area contributed by atoms with Crippen molar-refractivity contribution < 1.29 is 9.47 Å². The van der Waals surface area contributed by atoms with Gasteiger partial charge in [0.1, 0.15) is 5.75 Å². The molecule has 4 heteroatoms. The number of hydrogen-bond acceptors (Lipinski definition) is 4. The second-order valence-electron chi connectivity index (χ2n) is 6.07. The minimum Gasteiger partial charge on any atom is -0.494 e. The van der Waals surface area contributed by atoms with Crippen molar-refractivity contribution in [2.45, 2.75) is 38.3 Å². The number of likely N-dealkylation sites (tertiary alicyclic amines) is 1. The standard InChI is InChI=1S/C17H28N2O2/c1-4-21-16-9-6-5-8-14(16)15(18)12-19-11-7-10-17(2,13-19)20-3/h5-6,8-9,15H,4,7,10-13,18H2,1-3H3. The fourth-order valence-electron chi connectivity index (χ4n) is 3.08. The van der Waals surface area contributed by atoms with Crippen molar-refractivity contribution in [2.24, 2.45) is 5.73 Å². The Hall–Kier alpha value is -1.10. The summed E-state index contributed by atoms with van der Waals surface area (Å²) in [6, 6.07) is 8.03. The molecule has 0 spiro atoms. The predicted octanol–water partition coefficient (Wildman–Crippen LogP) is 2.59. The second kappa shape index (κ2) is 7.25. The van der Waals surface area contributed by atoms with E-state index in [1.54, 1.807) is 7.11 Å². The maximum absolute atomic E-state index is 6.42. The average Bonchev–Trinajstić information content (AvgIpc) is 2.48. The van der Waals surface area contributed by atoms with Gasteiger partial charge in [-0.3, -0.25) is 4.90 Å². The lowest BCUT2D eigenvalue weighted by atomic mass is 9.94. The summed E-state index contributed by atoms with van der Waals surface area (Å²) in [4.78, 5) is 2.40. The van der Waals surface area contributed by atoms with Crippen LogP contribution < -0.4 is 10.5 Å². The smallest absolute Gasteiger partial charge is 0.124 e. The van der Waals surface area contributed by atoms with E-state index in [1.165, 1.54) is 0 Å². The summed E-state index contributed by atoms with van der Waals surface area (Å²) < 4.78 is 11.3. The summed E-state index contributed by atoms with van der Waals surface area (Å²) in [5.74, 6) is 0.902. The van der Waals surface area contributed by atoms with Gasteiger partial charge in [0.15, 0.2) is 0 Å². The Morgan fingerprint density at radius 2 is 2.14 bits per heavy atom. The first-order chi connectivity index (χ1) is 10.1. The molecule has 0 saturated carbocycles. The molecule has 1 aromatic carbocycles. The van der Waals surface area contributed by atoms with Gasteiger partial charge in [-0.2, -0.15) is 0 Å². The fraction of sp³-hybridized carbons (Fsp3) is 0.647. The van der Waals surface area contributed by atoms with Gasteiger partial charge in [-0.05, 0) is 39.3 Å². The van der Waals surface area contributed by atoms with Crippen LogP contribution in [0, 0.1) is 0 Å². The number of ether oxygens (including phenoxy) is 2. The van der Waals surface area contributed by atoms with Crippen LogP contribution in [-0.2, 0) is 4.74 Å². The number of nitrogens with zero attached hydrogens (tertiary/aromatic N) is 1. The lowest BCUT2D eigenvalue weighted by molar-refractivity contribution is -0.0517. The molecule has 1 aliphatic heterocycles. The molecule has 1 aromatic rings. The van der Waals surface area contributed by atoms with E-state index in [4.69, 9.17) is 15.2 Å². The van der Waals surface area contributed by atoms with Gasteiger partial charge in [-0.1, -0.05) is 18.2 Å². The zero-order chi connectivity index (χ0) is 15.3. The van der Waals surface area contributed by atoms with E-state index in [2.05, 4.69) is 17.9 Å². The highest BCUT2D eigenvalue weighted by Crippen LogP contribution is 2.28. The first kappa shape index (κ1) is 16.3. The Labute approximate surface area is 128 Å². The summed E-state index contributed by atoms with van der Waals surface area (Å²) in [5, 5.41) is 0. The van der Waals surface area contributed by atoms with Crippen LogP contribution in [0.25, 0.3) is 0 Å². The Morgan fingerprint density at radius 3 is 2.86 bits per heavy atom. The largest absolute Gasteiger partial charge is 0.494 e. The minimum absolute atomic E-state index is 0.0352. The zero-order valence-electron chi connectivity index (χ0n) is 13.5. The first-order valence-corrected chi connectivity index (χ1v) is 7.83. The molecule has 2 N–H and O–H groups in total. The molecule has 0 radical (unpaired) electrons. The highest BCUT2D eigenvalue weighted by Gasteiger charge is 2.31. The normalized spacial score (nSPS) is 24.8. The topological polar surface area (TPSA) is 47.7 Å². The highest BCUT2D eigenvalue weighted by molar-refractivity contribution is 5.36. The number of hydrogen-bond donors (Lipinski definition) is 1. The molecule has 2 atom stereocenters. The Kier molecular flexibility index (Phi) is 5.62. The van der Waals surface area contributed by atoms with Gasteiger partial charge in [0, 0.05) is 31.8 Å². The first-order valence-electron chi connectivity index (χ1n) is 7.83. The number of benzene rings is 1. The summed E-state index contributed by atoms with van der Waals surface area (Å²) >= 11 is 0. The van der Waals surface area contributed by atoms with Crippen LogP contribution in [0.3, 0.4) is 0 Å². The molecule has 1 aliphatic rings. The number of methoxy groups -OCH3 is 1. The molecule has 21 heavy (non-hydrogen) atoms. The van der Waals surface area contributed by atoms with Crippen LogP contribution in [0.2, 0.25) is 0 Å². The molecule has 0 bridgehead atoms. The number of nitrogens with two attached hydrogens (primary N) is 1. The predicted molar refractivity (Wildman–Crippen MR) is 85.6 cm³/mol. The molecule has 118 valence electrons. The zero-order valence-corrected chi connectivity index (χ0v) is 13.5. The van der Waals surface area contributed by atoms with Crippen molar-refractivity contribution in [1.82, 2.24) is 4.90 Å². The maximum Gasteiger partial charge on any atom is 0.124 e. The number of piperidine rings is 1. The van der Waals surface area contributed by atoms with Crippen molar-refractivity contribution >= 4 is 0 Å². The summed E-state index contributed by atoms with van der Waals surface area (Å²) in [6.07, 6.45) is 2.27. The maximum atomic E-state index is 6.42. The third kappa shape index (κ3) is 4.19. The van der Waals surface area contributed by atoms with Crippen LogP contribution in [0.1, 0.15) is 38.3 Å². The quantitative estimate of drug-likeness (QED) is 0.875. The second-order valence-corrected chi connectivity index (χ2v) is 6.07. The van der Waals surface area contributed by atoms with Gasteiger partial charge >= 0.3 is 0 Å². The molecule has 1 heterocycles. The van der Waals surface area contributed by atoms with E-state index in [0.717, 1.165) is 43.8 Å². The van der Waals surface area contributed by atoms with Gasteiger partial charge in [0.2, 0.25) is 0 Å². The minimum atomic E-state index is -0.0442. The van der Waals surface area contributed by atoms with E-state index in [9.17, 15) is 0 Å². The lowest BCUT2D eigenvalue weighted by Gasteiger charge is -2.40. The molecule has 1 saturated heterocycles. The molecular formula is C17H28N2O2. The van der Waals surface area contributed by atoms with E-state index in [-0.39, 0.29) is 11.6 Å². The van der Waals surface area contributed by atoms with E-state index < -0.39 is 0 Å². The molecule has 2 unspecified atom stereocenters. The van der Waals surface area contributed by atoms with Crippen molar-refractivity contribution in [2.75, 3.05) is 33.4 Å². The molecule has 4 nitrogen and oxygen atoms in total. The van der Waals surface area contributed by atoms with Crippen molar-refractivity contribution in [3.63, 3.8) is 0 Å². The van der Waals surface area contributed by atoms with Crippen LogP contribution in [0.15, 0.2) is 24.3 Å². The number of rotatable bonds is 6. The van der Waals surface area contributed by atoms with Gasteiger partial charge < -0.3 is 15.2 Å². The van der Waals surface area contributed by atoms with Crippen LogP contribution >= 0.6 is 0 Å². The van der Waals surface area contributed by atoms with Crippen molar-refractivity contribution in [3.8, 4) is 5.75 Å². The Bertz CT molecular complexity index is 452. The third-order valence-corrected chi connectivity index (χ3v) is 4.30. The van der Waals surface area contributed by atoms with Crippen LogP contribution in [0.4, 0.5) is 0 Å². The monoisotopic (exact) mass is 292 g/mol. The molecular weight excluding hydrogens is 264 g/mol. The highest BCUT2D eigenvalue weighted by atomic mass is 16.5. The molecule has 0 amide bonds. The lowest BCUT2D eigenvalue weighted by Crippen LogP contribution is -2.49. The van der Waals surface area contributed by atoms with Crippen LogP contribution in [0.5, 0.6) is 5.75 Å². The third-order valence-electron chi connectivity index (χ3n) is 4.30. The average molecular weight is 292 g/mol. The summed E-state index contributed by atoms with van der Waals surface area (Å²) in [5.41, 5.74) is 7.47. The van der Waals surface area contributed by atoms with E-state index in [0.29, 0.717) is 6.61 Å². The van der Waals surface area contributed by atoms with E-state index in [1.807, 2.05) is 25.1 Å². The van der Waals surface area contributed by atoms with Gasteiger partial charge in [0.05, 0.1) is 12.2 Å². The molecule has 2 rings (SSSR count). The number of para-hydroxylation sites is 1. The van der Waals surface area contributed by atoms with Gasteiger partial charge in [-0.25, -0.2) is 0 Å². The van der Waals surface area contributed by atoms with Gasteiger partial charge in [-0.15, -0.1) is 0 Å². The molecule has 1 fully saturated rings. The van der Waals surface area contributed by atoms with Gasteiger partial charge in [0.25, 0.3) is 0 Å². The van der Waals surface area contributed by atoms with Crippen LogP contribution in [-0.4, -0.2) is 43.9 Å². The van der Waals surface area contributed by atoms with Crippen molar-refractivity contribution in [3.05, 3.63) is 29.8 Å². The summed E-state index contributed by atoms with van der Waals surface area (Å²) in [6.45, 7) is 7.70. The summed E-state index contributed by atoms with van der Waals surface area (Å²) in [7, 11) is 1.80. The fourth-order valence-corrected chi connectivity index (χ4v) is 3.08. The Balaban J connectivity index is 2.02. The van der Waals surface area contributed by atoms with E-state index >= 15 is 0 Å². The molecule has 0 aromatic heterocycles. The molecule has 0 aliphatic carbocycles. The SMILES string of the molecule is CCOc1ccccc1C(N)CN1CCCC(C)(OC)C1.